The summed E-state index contributed by atoms with van der Waals surface area (Å²) in [7, 11) is 0. The van der Waals surface area contributed by atoms with Crippen molar-refractivity contribution < 1.29 is 14.6 Å². The fourth-order valence-electron chi connectivity index (χ4n) is 3.14. The minimum Gasteiger partial charge on any atom is -0.394 e. The zero-order chi connectivity index (χ0) is 17.3. The van der Waals surface area contributed by atoms with E-state index in [1.165, 1.54) is 22.8 Å². The van der Waals surface area contributed by atoms with Crippen LogP contribution in [-0.4, -0.2) is 32.1 Å². The van der Waals surface area contributed by atoms with E-state index < -0.39 is 24.6 Å². The Bertz CT molecular complexity index is 916. The van der Waals surface area contributed by atoms with Crippen molar-refractivity contribution in [1.29, 1.82) is 0 Å². The highest BCUT2D eigenvalue weighted by Crippen LogP contribution is 2.26. The number of aliphatic hydroxyl groups excluding tert-OH is 2. The smallest absolute Gasteiger partial charge is 0.329 e. The Hall–Kier alpha value is -2.44. The van der Waals surface area contributed by atoms with Crippen LogP contribution in [0.25, 0.3) is 11.0 Å². The van der Waals surface area contributed by atoms with E-state index in [0.29, 0.717) is 17.6 Å². The standard InChI is InChI=1S/C18H19FN2O3/c1-2-20-14-8-3-4-9-15(14)21(18(20)24)17(16(23)11-22)12-6-5-7-13(19)10-12/h3-10,16-17,22-23H,2,11H2,1H3/t16-,17?/m1/s1. The van der Waals surface area contributed by atoms with Crippen molar-refractivity contribution in [1.82, 2.24) is 9.13 Å². The molecule has 3 aromatic rings. The molecule has 0 spiro atoms. The molecule has 6 heteroatoms. The molecule has 0 amide bonds. The van der Waals surface area contributed by atoms with Crippen LogP contribution >= 0.6 is 0 Å². The molecule has 0 radical (unpaired) electrons. The summed E-state index contributed by atoms with van der Waals surface area (Å²) in [6.07, 6.45) is -1.24. The quantitative estimate of drug-likeness (QED) is 0.751. The van der Waals surface area contributed by atoms with Crippen LogP contribution in [-0.2, 0) is 6.54 Å². The molecule has 3 rings (SSSR count). The molecule has 2 atom stereocenters. The van der Waals surface area contributed by atoms with Crippen molar-refractivity contribution >= 4 is 11.0 Å². The predicted octanol–water partition coefficient (Wildman–Crippen LogP) is 1.90. The minimum atomic E-state index is -1.24. The van der Waals surface area contributed by atoms with Gasteiger partial charge in [-0.3, -0.25) is 9.13 Å². The number of fused-ring (bicyclic) bond motifs is 1. The zero-order valence-electron chi connectivity index (χ0n) is 13.3. The summed E-state index contributed by atoms with van der Waals surface area (Å²) >= 11 is 0. The Morgan fingerprint density at radius 2 is 1.83 bits per heavy atom. The number of hydrogen-bond donors (Lipinski definition) is 2. The molecular formula is C18H19FN2O3. The molecule has 0 saturated carbocycles. The molecule has 24 heavy (non-hydrogen) atoms. The SMILES string of the molecule is CCn1c(=O)n(C(c2cccc(F)c2)[C@H](O)CO)c2ccccc21. The second kappa shape index (κ2) is 6.59. The van der Waals surface area contributed by atoms with E-state index in [4.69, 9.17) is 0 Å². The molecular weight excluding hydrogens is 311 g/mol. The summed E-state index contributed by atoms with van der Waals surface area (Å²) in [5, 5.41) is 19.8. The van der Waals surface area contributed by atoms with Crippen LogP contribution in [0.15, 0.2) is 53.3 Å². The van der Waals surface area contributed by atoms with Crippen LogP contribution in [0.3, 0.4) is 0 Å². The molecule has 126 valence electrons. The van der Waals surface area contributed by atoms with Crippen LogP contribution in [0.2, 0.25) is 0 Å². The van der Waals surface area contributed by atoms with E-state index in [9.17, 15) is 19.4 Å². The van der Waals surface area contributed by atoms with Gasteiger partial charge in [0.25, 0.3) is 0 Å². The first-order chi connectivity index (χ1) is 11.6. The third-order valence-corrected chi connectivity index (χ3v) is 4.21. The normalized spacial score (nSPS) is 14.0. The van der Waals surface area contributed by atoms with Gasteiger partial charge in [0, 0.05) is 6.54 Å². The van der Waals surface area contributed by atoms with Gasteiger partial charge >= 0.3 is 5.69 Å². The van der Waals surface area contributed by atoms with Crippen molar-refractivity contribution in [3.05, 3.63) is 70.4 Å². The number of aliphatic hydroxyl groups is 2. The lowest BCUT2D eigenvalue weighted by molar-refractivity contribution is 0.0640. The van der Waals surface area contributed by atoms with Gasteiger partial charge in [-0.05, 0) is 36.8 Å². The fourth-order valence-corrected chi connectivity index (χ4v) is 3.14. The number of aromatic nitrogens is 2. The molecule has 0 bridgehead atoms. The molecule has 0 saturated heterocycles. The van der Waals surface area contributed by atoms with E-state index >= 15 is 0 Å². The molecule has 1 heterocycles. The van der Waals surface area contributed by atoms with Crippen LogP contribution < -0.4 is 5.69 Å². The summed E-state index contributed by atoms with van der Waals surface area (Å²) in [4.78, 5) is 12.9. The summed E-state index contributed by atoms with van der Waals surface area (Å²) in [5.74, 6) is -0.463. The largest absolute Gasteiger partial charge is 0.394 e. The lowest BCUT2D eigenvalue weighted by Crippen LogP contribution is -2.35. The second-order valence-corrected chi connectivity index (χ2v) is 5.64. The number of benzene rings is 2. The van der Waals surface area contributed by atoms with Gasteiger partial charge in [0.1, 0.15) is 11.9 Å². The average Bonchev–Trinajstić information content (AvgIpc) is 2.87. The lowest BCUT2D eigenvalue weighted by Gasteiger charge is -2.23. The second-order valence-electron chi connectivity index (χ2n) is 5.64. The van der Waals surface area contributed by atoms with Gasteiger partial charge in [0.05, 0.1) is 23.7 Å². The number of imidazole rings is 1. The van der Waals surface area contributed by atoms with Crippen molar-refractivity contribution in [2.24, 2.45) is 0 Å². The van der Waals surface area contributed by atoms with Gasteiger partial charge in [0.2, 0.25) is 0 Å². The van der Waals surface area contributed by atoms with Crippen LogP contribution in [0.5, 0.6) is 0 Å². The molecule has 5 nitrogen and oxygen atoms in total. The third-order valence-electron chi connectivity index (χ3n) is 4.21. The Balaban J connectivity index is 2.32. The van der Waals surface area contributed by atoms with E-state index in [1.54, 1.807) is 22.8 Å². The number of aryl methyl sites for hydroxylation is 1. The van der Waals surface area contributed by atoms with Crippen LogP contribution in [0, 0.1) is 5.82 Å². The van der Waals surface area contributed by atoms with E-state index in [1.807, 2.05) is 19.1 Å². The van der Waals surface area contributed by atoms with Gasteiger partial charge < -0.3 is 10.2 Å². The number of rotatable bonds is 5. The van der Waals surface area contributed by atoms with Crippen molar-refractivity contribution in [2.75, 3.05) is 6.61 Å². The summed E-state index contributed by atoms with van der Waals surface area (Å²) in [6.45, 7) is 1.79. The third kappa shape index (κ3) is 2.64. The van der Waals surface area contributed by atoms with E-state index in [0.717, 1.165) is 5.52 Å². The predicted molar refractivity (Wildman–Crippen MR) is 89.5 cm³/mol. The Kier molecular flexibility index (Phi) is 4.51. The summed E-state index contributed by atoms with van der Waals surface area (Å²) < 4.78 is 16.7. The van der Waals surface area contributed by atoms with Crippen LogP contribution in [0.4, 0.5) is 4.39 Å². The highest BCUT2D eigenvalue weighted by molar-refractivity contribution is 5.76. The zero-order valence-corrected chi connectivity index (χ0v) is 13.3. The molecule has 0 aliphatic rings. The first-order valence-corrected chi connectivity index (χ1v) is 7.82. The Morgan fingerprint density at radius 3 is 2.46 bits per heavy atom. The number of nitrogens with zero attached hydrogens (tertiary/aromatic N) is 2. The highest BCUT2D eigenvalue weighted by atomic mass is 19.1. The topological polar surface area (TPSA) is 67.4 Å². The molecule has 1 unspecified atom stereocenters. The number of halogens is 1. The first kappa shape index (κ1) is 16.4. The molecule has 1 aromatic heterocycles. The number of hydrogen-bond acceptors (Lipinski definition) is 3. The number of para-hydroxylation sites is 2. The van der Waals surface area contributed by atoms with Gasteiger partial charge in [-0.1, -0.05) is 24.3 Å². The van der Waals surface area contributed by atoms with Gasteiger partial charge in [0.15, 0.2) is 0 Å². The molecule has 0 fully saturated rings. The lowest BCUT2D eigenvalue weighted by atomic mass is 10.0. The van der Waals surface area contributed by atoms with Crippen LogP contribution in [0.1, 0.15) is 18.5 Å². The first-order valence-electron chi connectivity index (χ1n) is 7.82. The van der Waals surface area contributed by atoms with Crippen molar-refractivity contribution in [3.63, 3.8) is 0 Å². The average molecular weight is 330 g/mol. The fraction of sp³-hybridized carbons (Fsp3) is 0.278. The van der Waals surface area contributed by atoms with E-state index in [-0.39, 0.29) is 5.69 Å². The molecule has 2 N–H and O–H groups in total. The Morgan fingerprint density at radius 1 is 1.12 bits per heavy atom. The monoisotopic (exact) mass is 330 g/mol. The van der Waals surface area contributed by atoms with Gasteiger partial charge in [-0.15, -0.1) is 0 Å². The van der Waals surface area contributed by atoms with Crippen molar-refractivity contribution in [3.8, 4) is 0 Å². The Labute approximate surface area is 138 Å². The maximum Gasteiger partial charge on any atom is 0.329 e. The maximum atomic E-state index is 13.7. The molecule has 0 aliphatic carbocycles. The molecule has 2 aromatic carbocycles. The van der Waals surface area contributed by atoms with Crippen molar-refractivity contribution in [2.45, 2.75) is 25.6 Å². The van der Waals surface area contributed by atoms with Gasteiger partial charge in [-0.25, -0.2) is 9.18 Å². The van der Waals surface area contributed by atoms with E-state index in [2.05, 4.69) is 0 Å². The summed E-state index contributed by atoms with van der Waals surface area (Å²) in [5.41, 5.74) is 1.49. The highest BCUT2D eigenvalue weighted by Gasteiger charge is 2.27. The minimum absolute atomic E-state index is 0.305. The molecule has 0 aliphatic heterocycles. The summed E-state index contributed by atoms with van der Waals surface area (Å²) in [6, 6.07) is 12.1. The van der Waals surface area contributed by atoms with Gasteiger partial charge in [-0.2, -0.15) is 0 Å². The maximum absolute atomic E-state index is 13.7.